The van der Waals surface area contributed by atoms with Crippen LogP contribution in [0.1, 0.15) is 37.7 Å². The maximum atomic E-state index is 13.6. The summed E-state index contributed by atoms with van der Waals surface area (Å²) in [5, 5.41) is 10.3. The normalized spacial score (nSPS) is 31.5. The van der Waals surface area contributed by atoms with E-state index in [2.05, 4.69) is 9.80 Å². The fourth-order valence-electron chi connectivity index (χ4n) is 6.12. The topological polar surface area (TPSA) is 47.0 Å². The van der Waals surface area contributed by atoms with E-state index in [1.54, 1.807) is 0 Å². The summed E-state index contributed by atoms with van der Waals surface area (Å²) in [7, 11) is 0. The van der Waals surface area contributed by atoms with Gasteiger partial charge in [0.15, 0.2) is 0 Å². The van der Waals surface area contributed by atoms with E-state index in [1.165, 1.54) is 0 Å². The molecule has 3 saturated heterocycles. The van der Waals surface area contributed by atoms with E-state index in [9.17, 15) is 18.7 Å². The van der Waals surface area contributed by atoms with Gasteiger partial charge in [-0.05, 0) is 24.8 Å². The molecule has 0 radical (unpaired) electrons. The number of hydrogen-bond donors (Lipinski definition) is 1. The summed E-state index contributed by atoms with van der Waals surface area (Å²) >= 11 is 0. The number of fused-ring (bicyclic) bond motifs is 2. The first-order chi connectivity index (χ1) is 14.3. The number of carbonyl (C=O) groups is 1. The van der Waals surface area contributed by atoms with Crippen molar-refractivity contribution in [3.63, 3.8) is 0 Å². The van der Waals surface area contributed by atoms with Gasteiger partial charge in [-0.2, -0.15) is 0 Å². The molecule has 164 valence electrons. The lowest BCUT2D eigenvalue weighted by atomic mass is 9.80. The average molecular weight is 420 g/mol. The Morgan fingerprint density at radius 2 is 1.73 bits per heavy atom. The third kappa shape index (κ3) is 3.76. The first-order valence-electron chi connectivity index (χ1n) is 11.2. The lowest BCUT2D eigenvalue weighted by Gasteiger charge is -2.63. The number of amides is 1. The van der Waals surface area contributed by atoms with Crippen molar-refractivity contribution in [2.24, 2.45) is 0 Å². The smallest absolute Gasteiger partial charge is 0.248 e. The molecule has 1 N–H and O–H groups in total. The Hall–Kier alpha value is -1.57. The summed E-state index contributed by atoms with van der Waals surface area (Å²) in [5.74, 6) is -2.37. The highest BCUT2D eigenvalue weighted by Crippen LogP contribution is 2.43. The van der Waals surface area contributed by atoms with Crippen molar-refractivity contribution in [3.05, 3.63) is 35.9 Å². The van der Waals surface area contributed by atoms with Crippen molar-refractivity contribution in [1.29, 1.82) is 0 Å². The van der Waals surface area contributed by atoms with Gasteiger partial charge in [-0.25, -0.2) is 8.78 Å². The number of β-amino-alcohol motifs (C(OH)–C–C–N with tert-alkyl or cyclic N) is 1. The van der Waals surface area contributed by atoms with Gasteiger partial charge < -0.3 is 10.0 Å². The SMILES string of the molecule is O=C(Cc1ccccc1)N1CC2CC(O)CN2C2(C1)CN(C1CCC(F)(F)CC1)C2. The van der Waals surface area contributed by atoms with Crippen molar-refractivity contribution in [3.8, 4) is 0 Å². The van der Waals surface area contributed by atoms with E-state index in [0.29, 0.717) is 45.3 Å². The maximum absolute atomic E-state index is 13.6. The minimum Gasteiger partial charge on any atom is -0.392 e. The van der Waals surface area contributed by atoms with Crippen LogP contribution >= 0.6 is 0 Å². The molecule has 3 heterocycles. The third-order valence-corrected chi connectivity index (χ3v) is 7.67. The number of hydrogen-bond acceptors (Lipinski definition) is 4. The molecule has 2 unspecified atom stereocenters. The number of aliphatic hydroxyl groups is 1. The zero-order chi connectivity index (χ0) is 20.9. The largest absolute Gasteiger partial charge is 0.392 e. The molecule has 1 amide bonds. The van der Waals surface area contributed by atoms with E-state index in [4.69, 9.17) is 0 Å². The molecule has 4 aliphatic rings. The zero-order valence-corrected chi connectivity index (χ0v) is 17.4. The van der Waals surface area contributed by atoms with E-state index < -0.39 is 5.92 Å². The Bertz CT molecular complexity index is 774. The van der Waals surface area contributed by atoms with Gasteiger partial charge in [0.05, 0.1) is 18.1 Å². The first-order valence-corrected chi connectivity index (χ1v) is 11.2. The van der Waals surface area contributed by atoms with Gasteiger partial charge in [0.1, 0.15) is 0 Å². The Labute approximate surface area is 176 Å². The minimum atomic E-state index is -2.51. The number of aliphatic hydroxyl groups excluding tert-OH is 1. The number of piperazine rings is 1. The van der Waals surface area contributed by atoms with Gasteiger partial charge in [0.25, 0.3) is 0 Å². The minimum absolute atomic E-state index is 0.0199. The second-order valence-corrected chi connectivity index (χ2v) is 9.85. The lowest BCUT2D eigenvalue weighted by molar-refractivity contribution is -0.158. The number of likely N-dealkylation sites (tertiary alicyclic amines) is 1. The second-order valence-electron chi connectivity index (χ2n) is 9.85. The fourth-order valence-corrected chi connectivity index (χ4v) is 6.12. The van der Waals surface area contributed by atoms with Crippen LogP contribution in [0.25, 0.3) is 0 Å². The van der Waals surface area contributed by atoms with Gasteiger partial charge in [-0.1, -0.05) is 30.3 Å². The molecule has 30 heavy (non-hydrogen) atoms. The van der Waals surface area contributed by atoms with Crippen LogP contribution in [0, 0.1) is 0 Å². The van der Waals surface area contributed by atoms with E-state index in [1.807, 2.05) is 35.2 Å². The van der Waals surface area contributed by atoms with Crippen LogP contribution in [-0.4, -0.2) is 88.1 Å². The lowest BCUT2D eigenvalue weighted by Crippen LogP contribution is -2.79. The first kappa shape index (κ1) is 20.3. The number of benzene rings is 1. The van der Waals surface area contributed by atoms with Crippen LogP contribution < -0.4 is 0 Å². The summed E-state index contributed by atoms with van der Waals surface area (Å²) in [6.07, 6.45) is 1.80. The summed E-state index contributed by atoms with van der Waals surface area (Å²) in [4.78, 5) is 19.8. The van der Waals surface area contributed by atoms with Crippen molar-refractivity contribution in [2.45, 2.75) is 68.2 Å². The molecule has 1 aliphatic carbocycles. The number of nitrogens with zero attached hydrogens (tertiary/aromatic N) is 3. The fraction of sp³-hybridized carbons (Fsp3) is 0.696. The number of rotatable bonds is 3. The van der Waals surface area contributed by atoms with Gasteiger partial charge in [-0.15, -0.1) is 0 Å². The predicted octanol–water partition coefficient (Wildman–Crippen LogP) is 2.14. The Morgan fingerprint density at radius 3 is 2.43 bits per heavy atom. The molecular formula is C23H31F2N3O2. The molecule has 5 nitrogen and oxygen atoms in total. The molecule has 5 rings (SSSR count). The quantitative estimate of drug-likeness (QED) is 0.816. The molecule has 2 atom stereocenters. The Morgan fingerprint density at radius 1 is 1.03 bits per heavy atom. The van der Waals surface area contributed by atoms with Crippen molar-refractivity contribution >= 4 is 5.91 Å². The average Bonchev–Trinajstić information content (AvgIpc) is 3.07. The van der Waals surface area contributed by atoms with Gasteiger partial charge in [0, 0.05) is 57.6 Å². The van der Waals surface area contributed by atoms with Crippen molar-refractivity contribution in [1.82, 2.24) is 14.7 Å². The molecule has 1 aromatic carbocycles. The van der Waals surface area contributed by atoms with Gasteiger partial charge >= 0.3 is 0 Å². The summed E-state index contributed by atoms with van der Waals surface area (Å²) in [6, 6.07) is 10.2. The molecule has 1 saturated carbocycles. The molecular weight excluding hydrogens is 388 g/mol. The molecule has 0 aromatic heterocycles. The van der Waals surface area contributed by atoms with E-state index in [0.717, 1.165) is 18.7 Å². The van der Waals surface area contributed by atoms with E-state index >= 15 is 0 Å². The number of halogens is 2. The summed E-state index contributed by atoms with van der Waals surface area (Å²) in [5.41, 5.74) is 0.871. The maximum Gasteiger partial charge on any atom is 0.248 e. The molecule has 0 bridgehead atoms. The van der Waals surface area contributed by atoms with E-state index in [-0.39, 0.29) is 42.5 Å². The highest BCUT2D eigenvalue weighted by Gasteiger charge is 2.58. The van der Waals surface area contributed by atoms with Crippen LogP contribution in [0.4, 0.5) is 8.78 Å². The predicted molar refractivity (Wildman–Crippen MR) is 109 cm³/mol. The molecule has 3 aliphatic heterocycles. The highest BCUT2D eigenvalue weighted by molar-refractivity contribution is 5.79. The second kappa shape index (κ2) is 7.53. The summed E-state index contributed by atoms with van der Waals surface area (Å²) in [6.45, 7) is 3.60. The van der Waals surface area contributed by atoms with Crippen LogP contribution in [0.2, 0.25) is 0 Å². The Balaban J connectivity index is 1.27. The van der Waals surface area contributed by atoms with Gasteiger partial charge in [-0.3, -0.25) is 14.6 Å². The third-order valence-electron chi connectivity index (χ3n) is 7.67. The Kier molecular flexibility index (Phi) is 5.11. The summed E-state index contributed by atoms with van der Waals surface area (Å²) < 4.78 is 27.1. The highest BCUT2D eigenvalue weighted by atomic mass is 19.3. The molecule has 1 aromatic rings. The van der Waals surface area contributed by atoms with Crippen LogP contribution in [0.15, 0.2) is 30.3 Å². The van der Waals surface area contributed by atoms with Crippen molar-refractivity contribution < 1.29 is 18.7 Å². The molecule has 7 heteroatoms. The zero-order valence-electron chi connectivity index (χ0n) is 17.4. The standard InChI is InChI=1S/C23H31F2N3O2/c24-23(25)8-6-18(7-9-23)27-15-22(16-27)14-26(12-19-11-20(29)13-28(19)22)21(30)10-17-4-2-1-3-5-17/h1-5,18-20,29H,6-16H2. The molecule has 4 fully saturated rings. The number of alkyl halides is 2. The van der Waals surface area contributed by atoms with Crippen LogP contribution in [0.3, 0.4) is 0 Å². The van der Waals surface area contributed by atoms with Crippen LogP contribution in [0.5, 0.6) is 0 Å². The molecule has 1 spiro atoms. The monoisotopic (exact) mass is 419 g/mol. The van der Waals surface area contributed by atoms with Crippen molar-refractivity contribution in [2.75, 3.05) is 32.7 Å². The number of carbonyl (C=O) groups excluding carboxylic acids is 1. The van der Waals surface area contributed by atoms with Crippen LogP contribution in [-0.2, 0) is 11.2 Å². The van der Waals surface area contributed by atoms with Gasteiger partial charge in [0.2, 0.25) is 11.8 Å².